The number of anilines is 1. The average molecular weight is 296 g/mol. The smallest absolute Gasteiger partial charge is 0.245 e. The third-order valence-corrected chi connectivity index (χ3v) is 3.07. The Hall–Kier alpha value is -1.59. The fourth-order valence-electron chi connectivity index (χ4n) is 1.79. The van der Waals surface area contributed by atoms with Gasteiger partial charge in [0.05, 0.1) is 23.9 Å². The second kappa shape index (κ2) is 6.72. The van der Waals surface area contributed by atoms with E-state index in [4.69, 9.17) is 21.2 Å². The molecule has 1 heterocycles. The van der Waals surface area contributed by atoms with Crippen LogP contribution in [0.4, 0.5) is 5.69 Å². The van der Waals surface area contributed by atoms with E-state index in [2.05, 4.69) is 29.3 Å². The third-order valence-electron chi connectivity index (χ3n) is 2.74. The van der Waals surface area contributed by atoms with Gasteiger partial charge in [-0.2, -0.15) is 4.98 Å². The van der Waals surface area contributed by atoms with E-state index in [9.17, 15) is 0 Å². The third kappa shape index (κ3) is 3.95. The molecule has 2 aromatic rings. The van der Waals surface area contributed by atoms with Crippen LogP contribution in [0.5, 0.6) is 0 Å². The number of rotatable bonds is 6. The first-order valence-electron chi connectivity index (χ1n) is 6.53. The molecule has 2 N–H and O–H groups in total. The van der Waals surface area contributed by atoms with Crippen LogP contribution < -0.4 is 5.32 Å². The van der Waals surface area contributed by atoms with Gasteiger partial charge in [0.2, 0.25) is 5.89 Å². The minimum absolute atomic E-state index is 0.0229. The fourth-order valence-corrected chi connectivity index (χ4v) is 1.97. The molecule has 0 unspecified atom stereocenters. The van der Waals surface area contributed by atoms with E-state index in [1.54, 1.807) is 18.2 Å². The van der Waals surface area contributed by atoms with Crippen molar-refractivity contribution in [3.63, 3.8) is 0 Å². The van der Waals surface area contributed by atoms with Crippen molar-refractivity contribution in [1.29, 1.82) is 0 Å². The number of hydrogen-bond acceptors (Lipinski definition) is 5. The highest BCUT2D eigenvalue weighted by Crippen LogP contribution is 2.23. The number of hydrogen-bond donors (Lipinski definition) is 2. The zero-order valence-corrected chi connectivity index (χ0v) is 12.3. The first-order chi connectivity index (χ1) is 9.58. The van der Waals surface area contributed by atoms with Crippen LogP contribution in [0.25, 0.3) is 0 Å². The minimum atomic E-state index is -0.0229. The summed E-state index contributed by atoms with van der Waals surface area (Å²) in [5.74, 6) is 1.72. The maximum absolute atomic E-state index is 9.11. The Morgan fingerprint density at radius 2 is 2.20 bits per heavy atom. The van der Waals surface area contributed by atoms with Crippen LogP contribution in [0.15, 0.2) is 22.7 Å². The zero-order valence-electron chi connectivity index (χ0n) is 11.6. The molecule has 0 radical (unpaired) electrons. The van der Waals surface area contributed by atoms with Gasteiger partial charge in [0.1, 0.15) is 0 Å². The molecule has 0 saturated carbocycles. The number of halogens is 1. The highest BCUT2D eigenvalue weighted by molar-refractivity contribution is 6.33. The van der Waals surface area contributed by atoms with Crippen molar-refractivity contribution >= 4 is 17.3 Å². The van der Waals surface area contributed by atoms with Gasteiger partial charge in [-0.1, -0.05) is 36.7 Å². The van der Waals surface area contributed by atoms with Gasteiger partial charge in [-0.15, -0.1) is 0 Å². The maximum Gasteiger partial charge on any atom is 0.245 e. The van der Waals surface area contributed by atoms with E-state index in [-0.39, 0.29) is 6.61 Å². The van der Waals surface area contributed by atoms with Crippen molar-refractivity contribution in [2.45, 2.75) is 33.4 Å². The fraction of sp³-hybridized carbons (Fsp3) is 0.429. The average Bonchev–Trinajstić information content (AvgIpc) is 2.84. The van der Waals surface area contributed by atoms with Gasteiger partial charge in [0.15, 0.2) is 5.82 Å². The summed E-state index contributed by atoms with van der Waals surface area (Å²) in [4.78, 5) is 4.30. The Bertz CT molecular complexity index is 569. The first-order valence-corrected chi connectivity index (χ1v) is 6.91. The molecule has 2 rings (SSSR count). The number of benzene rings is 1. The second-order valence-electron chi connectivity index (χ2n) is 5.03. The Morgan fingerprint density at radius 3 is 2.90 bits per heavy atom. The Kier molecular flexibility index (Phi) is 4.98. The standard InChI is InChI=1S/C14H18ClN3O2/c1-9(2)5-13-17-14(20-18-13)7-16-12-6-10(8-19)3-4-11(12)15/h3-4,6,9,16,19H,5,7-8H2,1-2H3. The molecule has 0 fully saturated rings. The Balaban J connectivity index is 1.99. The highest BCUT2D eigenvalue weighted by Gasteiger charge is 2.09. The van der Waals surface area contributed by atoms with Crippen molar-refractivity contribution in [1.82, 2.24) is 10.1 Å². The Morgan fingerprint density at radius 1 is 1.40 bits per heavy atom. The normalized spacial score (nSPS) is 11.1. The lowest BCUT2D eigenvalue weighted by molar-refractivity contribution is 0.282. The van der Waals surface area contributed by atoms with Gasteiger partial charge >= 0.3 is 0 Å². The van der Waals surface area contributed by atoms with Crippen LogP contribution in [0.2, 0.25) is 5.02 Å². The molecule has 0 amide bonds. The second-order valence-corrected chi connectivity index (χ2v) is 5.44. The molecule has 0 bridgehead atoms. The van der Waals surface area contributed by atoms with Crippen LogP contribution in [0.1, 0.15) is 31.1 Å². The van der Waals surface area contributed by atoms with Crippen LogP contribution >= 0.6 is 11.6 Å². The predicted octanol–water partition coefficient (Wildman–Crippen LogP) is 3.03. The molecule has 5 nitrogen and oxygen atoms in total. The highest BCUT2D eigenvalue weighted by atomic mass is 35.5. The molecule has 108 valence electrons. The van der Waals surface area contributed by atoms with Crippen molar-refractivity contribution in [2.75, 3.05) is 5.32 Å². The zero-order chi connectivity index (χ0) is 14.5. The van der Waals surface area contributed by atoms with E-state index in [0.717, 1.165) is 17.7 Å². The lowest BCUT2D eigenvalue weighted by atomic mass is 10.1. The molecular weight excluding hydrogens is 278 g/mol. The predicted molar refractivity (Wildman–Crippen MR) is 77.5 cm³/mol. The summed E-state index contributed by atoms with van der Waals surface area (Å²) >= 11 is 6.08. The van der Waals surface area contributed by atoms with Gasteiger partial charge in [0, 0.05) is 6.42 Å². The number of aliphatic hydroxyl groups is 1. The number of nitrogens with zero attached hydrogens (tertiary/aromatic N) is 2. The van der Waals surface area contributed by atoms with Crippen molar-refractivity contribution in [3.8, 4) is 0 Å². The van der Waals surface area contributed by atoms with Crippen LogP contribution in [-0.2, 0) is 19.6 Å². The van der Waals surface area contributed by atoms with Crippen molar-refractivity contribution < 1.29 is 9.63 Å². The number of aliphatic hydroxyl groups excluding tert-OH is 1. The Labute approximate surface area is 123 Å². The molecule has 0 atom stereocenters. The molecule has 0 aliphatic carbocycles. The molecule has 0 saturated heterocycles. The van der Waals surface area contributed by atoms with Crippen molar-refractivity contribution in [2.24, 2.45) is 5.92 Å². The quantitative estimate of drug-likeness (QED) is 0.857. The molecule has 0 aliphatic heterocycles. The number of nitrogens with one attached hydrogen (secondary N) is 1. The van der Waals surface area contributed by atoms with Crippen LogP contribution in [0, 0.1) is 5.92 Å². The summed E-state index contributed by atoms with van der Waals surface area (Å²) in [6.07, 6.45) is 0.796. The monoisotopic (exact) mass is 295 g/mol. The topological polar surface area (TPSA) is 71.2 Å². The van der Waals surface area contributed by atoms with E-state index in [1.807, 2.05) is 0 Å². The van der Waals surface area contributed by atoms with Gasteiger partial charge in [-0.3, -0.25) is 0 Å². The van der Waals surface area contributed by atoms with Gasteiger partial charge in [-0.25, -0.2) is 0 Å². The summed E-state index contributed by atoms with van der Waals surface area (Å²) in [6, 6.07) is 5.32. The molecule has 1 aromatic heterocycles. The van der Waals surface area contributed by atoms with Crippen molar-refractivity contribution in [3.05, 3.63) is 40.5 Å². The molecule has 1 aromatic carbocycles. The van der Waals surface area contributed by atoms with E-state index >= 15 is 0 Å². The van der Waals surface area contributed by atoms with Gasteiger partial charge < -0.3 is 14.9 Å². The summed E-state index contributed by atoms with van der Waals surface area (Å²) in [5.41, 5.74) is 1.53. The minimum Gasteiger partial charge on any atom is -0.392 e. The largest absolute Gasteiger partial charge is 0.392 e. The molecule has 20 heavy (non-hydrogen) atoms. The summed E-state index contributed by atoms with van der Waals surface area (Å²) in [5, 5.41) is 16.8. The van der Waals surface area contributed by atoms with Crippen LogP contribution in [-0.4, -0.2) is 15.2 Å². The number of aromatic nitrogens is 2. The lowest BCUT2D eigenvalue weighted by Crippen LogP contribution is -2.02. The first kappa shape index (κ1) is 14.8. The van der Waals surface area contributed by atoms with E-state index in [0.29, 0.717) is 29.2 Å². The van der Waals surface area contributed by atoms with Gasteiger partial charge in [-0.05, 0) is 23.6 Å². The SMILES string of the molecule is CC(C)Cc1noc(CNc2cc(CO)ccc2Cl)n1. The molecule has 6 heteroatoms. The summed E-state index contributed by atoms with van der Waals surface area (Å²) in [6.45, 7) is 4.59. The summed E-state index contributed by atoms with van der Waals surface area (Å²) < 4.78 is 5.17. The van der Waals surface area contributed by atoms with Gasteiger partial charge in [0.25, 0.3) is 0 Å². The lowest BCUT2D eigenvalue weighted by Gasteiger charge is -2.07. The van der Waals surface area contributed by atoms with E-state index in [1.165, 1.54) is 0 Å². The molecule has 0 spiro atoms. The van der Waals surface area contributed by atoms with Crippen LogP contribution in [0.3, 0.4) is 0 Å². The van der Waals surface area contributed by atoms with E-state index < -0.39 is 0 Å². The molecule has 0 aliphatic rings. The summed E-state index contributed by atoms with van der Waals surface area (Å²) in [7, 11) is 0. The maximum atomic E-state index is 9.11. The molecular formula is C14H18ClN3O2.